The maximum Gasteiger partial charge on any atom is 0.163 e. The molecule has 0 saturated carbocycles. The topological polar surface area (TPSA) is 92.6 Å². The van der Waals surface area contributed by atoms with Crippen molar-refractivity contribution in [2.24, 2.45) is 5.92 Å². The molecule has 0 fully saturated rings. The largest absolute Gasteiger partial charge is 0.491 e. The molecule has 0 aliphatic rings. The fraction of sp³-hybridized carbons (Fsp3) is 0.267. The van der Waals surface area contributed by atoms with Crippen LogP contribution >= 0.6 is 0 Å². The number of anilines is 1. The van der Waals surface area contributed by atoms with Gasteiger partial charge in [-0.2, -0.15) is 15.8 Å². The number of allylic oxidation sites excluding steroid dienone is 2. The number of nitrogens with one attached hydrogen (secondary N) is 1. The fourth-order valence-electron chi connectivity index (χ4n) is 1.37. The van der Waals surface area contributed by atoms with Crippen molar-refractivity contribution in [3.05, 3.63) is 35.5 Å². The van der Waals surface area contributed by atoms with E-state index in [1.807, 2.05) is 26.0 Å². The van der Waals surface area contributed by atoms with Gasteiger partial charge < -0.3 is 10.1 Å². The average Bonchev–Trinajstić information content (AvgIpc) is 2.46. The quantitative estimate of drug-likeness (QED) is 0.827. The second-order valence-electron chi connectivity index (χ2n) is 4.41. The Morgan fingerprint density at radius 2 is 1.80 bits per heavy atom. The van der Waals surface area contributed by atoms with E-state index in [9.17, 15) is 0 Å². The Kier molecular flexibility index (Phi) is 5.63. The fourth-order valence-corrected chi connectivity index (χ4v) is 1.37. The Bertz CT molecular complexity index is 610. The van der Waals surface area contributed by atoms with E-state index >= 15 is 0 Å². The van der Waals surface area contributed by atoms with Gasteiger partial charge >= 0.3 is 0 Å². The minimum absolute atomic E-state index is 0.0874. The van der Waals surface area contributed by atoms with Crippen LogP contribution in [0, 0.1) is 39.9 Å². The maximum atomic E-state index is 9.02. The highest BCUT2D eigenvalue weighted by molar-refractivity contribution is 5.64. The molecule has 0 aliphatic heterocycles. The zero-order valence-electron chi connectivity index (χ0n) is 11.3. The van der Waals surface area contributed by atoms with Crippen molar-refractivity contribution >= 4 is 5.69 Å². The zero-order chi connectivity index (χ0) is 15.0. The molecule has 0 heterocycles. The molecular weight excluding hydrogens is 252 g/mol. The molecule has 0 spiro atoms. The molecule has 0 unspecified atom stereocenters. The predicted octanol–water partition coefficient (Wildman–Crippen LogP) is 2.96. The van der Waals surface area contributed by atoms with Crippen molar-refractivity contribution in [1.82, 2.24) is 0 Å². The molecule has 5 heteroatoms. The summed E-state index contributed by atoms with van der Waals surface area (Å²) >= 11 is 0. The van der Waals surface area contributed by atoms with Gasteiger partial charge in [-0.05, 0) is 18.1 Å². The standard InChI is InChI=1S/C15H14N4O/c1-11(2)10-20-15-6-4-3-5-13(15)19-14(9-18)12(7-16)8-17/h3-6,11,19H,10H2,1-2H3. The van der Waals surface area contributed by atoms with Gasteiger partial charge in [0.1, 0.15) is 29.7 Å². The maximum absolute atomic E-state index is 9.02. The number of hydrogen-bond donors (Lipinski definition) is 1. The van der Waals surface area contributed by atoms with E-state index in [1.165, 1.54) is 0 Å². The van der Waals surface area contributed by atoms with Gasteiger partial charge in [0.05, 0.1) is 12.3 Å². The number of rotatable bonds is 5. The van der Waals surface area contributed by atoms with Crippen LogP contribution < -0.4 is 10.1 Å². The highest BCUT2D eigenvalue weighted by Crippen LogP contribution is 2.26. The molecule has 0 aliphatic carbocycles. The Hall–Kier alpha value is -2.97. The van der Waals surface area contributed by atoms with E-state index in [2.05, 4.69) is 5.32 Å². The first-order valence-corrected chi connectivity index (χ1v) is 6.05. The molecule has 0 bridgehead atoms. The van der Waals surface area contributed by atoms with Crippen LogP contribution in [0.1, 0.15) is 13.8 Å². The normalized spacial score (nSPS) is 9.00. The van der Waals surface area contributed by atoms with Gasteiger partial charge in [-0.25, -0.2) is 0 Å². The van der Waals surface area contributed by atoms with Crippen molar-refractivity contribution in [2.45, 2.75) is 13.8 Å². The monoisotopic (exact) mass is 266 g/mol. The van der Waals surface area contributed by atoms with E-state index in [-0.39, 0.29) is 11.3 Å². The van der Waals surface area contributed by atoms with Gasteiger partial charge in [0, 0.05) is 0 Å². The molecule has 0 atom stereocenters. The molecule has 0 radical (unpaired) electrons. The van der Waals surface area contributed by atoms with Gasteiger partial charge in [0.15, 0.2) is 5.57 Å². The molecule has 20 heavy (non-hydrogen) atoms. The number of hydrogen-bond acceptors (Lipinski definition) is 5. The summed E-state index contributed by atoms with van der Waals surface area (Å²) in [6, 6.07) is 12.3. The van der Waals surface area contributed by atoms with E-state index < -0.39 is 0 Å². The number of ether oxygens (including phenoxy) is 1. The summed E-state index contributed by atoms with van der Waals surface area (Å²) < 4.78 is 5.63. The molecule has 1 aromatic carbocycles. The predicted molar refractivity (Wildman–Crippen MR) is 74.3 cm³/mol. The molecule has 0 saturated heterocycles. The molecular formula is C15H14N4O. The summed E-state index contributed by atoms with van der Waals surface area (Å²) in [5.41, 5.74) is 0.203. The smallest absolute Gasteiger partial charge is 0.163 e. The third-order valence-electron chi connectivity index (χ3n) is 2.30. The first-order chi connectivity index (χ1) is 9.62. The van der Waals surface area contributed by atoms with E-state index in [0.717, 1.165) is 0 Å². The Balaban J connectivity index is 3.05. The lowest BCUT2D eigenvalue weighted by atomic mass is 10.2. The molecule has 0 aromatic heterocycles. The molecule has 5 nitrogen and oxygen atoms in total. The Labute approximate surface area is 118 Å². The van der Waals surface area contributed by atoms with Gasteiger partial charge in [-0.1, -0.05) is 26.0 Å². The van der Waals surface area contributed by atoms with Crippen LogP contribution in [0.15, 0.2) is 35.5 Å². The van der Waals surface area contributed by atoms with Crippen LogP contribution in [0.2, 0.25) is 0 Å². The molecule has 1 N–H and O–H groups in total. The van der Waals surface area contributed by atoms with Crippen LogP contribution in [-0.4, -0.2) is 6.61 Å². The zero-order valence-corrected chi connectivity index (χ0v) is 11.3. The third-order valence-corrected chi connectivity index (χ3v) is 2.30. The van der Waals surface area contributed by atoms with E-state index in [0.29, 0.717) is 24.0 Å². The van der Waals surface area contributed by atoms with Crippen molar-refractivity contribution < 1.29 is 4.74 Å². The molecule has 1 aromatic rings. The highest BCUT2D eigenvalue weighted by Gasteiger charge is 2.10. The van der Waals surface area contributed by atoms with Crippen molar-refractivity contribution in [3.8, 4) is 24.0 Å². The summed E-state index contributed by atoms with van der Waals surface area (Å²) in [6.45, 7) is 4.59. The number of nitriles is 3. The van der Waals surface area contributed by atoms with Crippen LogP contribution in [0.4, 0.5) is 5.69 Å². The number of benzene rings is 1. The number of para-hydroxylation sites is 2. The minimum Gasteiger partial charge on any atom is -0.491 e. The second-order valence-corrected chi connectivity index (χ2v) is 4.41. The average molecular weight is 266 g/mol. The molecule has 100 valence electrons. The molecule has 1 rings (SSSR count). The van der Waals surface area contributed by atoms with E-state index in [1.54, 1.807) is 30.3 Å². The second kappa shape index (κ2) is 7.46. The summed E-state index contributed by atoms with van der Waals surface area (Å²) in [4.78, 5) is 0. The van der Waals surface area contributed by atoms with Gasteiger partial charge in [-0.3, -0.25) is 0 Å². The van der Waals surface area contributed by atoms with Crippen LogP contribution in [0.25, 0.3) is 0 Å². The van der Waals surface area contributed by atoms with E-state index in [4.69, 9.17) is 20.5 Å². The lowest BCUT2D eigenvalue weighted by Gasteiger charge is -2.13. The van der Waals surface area contributed by atoms with Crippen molar-refractivity contribution in [1.29, 1.82) is 15.8 Å². The minimum atomic E-state index is -0.258. The SMILES string of the molecule is CC(C)COc1ccccc1NC(C#N)=C(C#N)C#N. The van der Waals surface area contributed by atoms with Crippen LogP contribution in [-0.2, 0) is 0 Å². The Morgan fingerprint density at radius 1 is 1.15 bits per heavy atom. The van der Waals surface area contributed by atoms with Gasteiger partial charge in [-0.15, -0.1) is 0 Å². The van der Waals surface area contributed by atoms with Crippen LogP contribution in [0.3, 0.4) is 0 Å². The summed E-state index contributed by atoms with van der Waals surface area (Å²) in [5.74, 6) is 0.937. The number of nitrogens with zero attached hydrogens (tertiary/aromatic N) is 3. The lowest BCUT2D eigenvalue weighted by molar-refractivity contribution is 0.272. The highest BCUT2D eigenvalue weighted by atomic mass is 16.5. The van der Waals surface area contributed by atoms with Gasteiger partial charge in [0.25, 0.3) is 0 Å². The van der Waals surface area contributed by atoms with Crippen molar-refractivity contribution in [3.63, 3.8) is 0 Å². The van der Waals surface area contributed by atoms with Crippen molar-refractivity contribution in [2.75, 3.05) is 11.9 Å². The third kappa shape index (κ3) is 4.05. The first-order valence-electron chi connectivity index (χ1n) is 6.05. The van der Waals surface area contributed by atoms with Crippen LogP contribution in [0.5, 0.6) is 5.75 Å². The summed E-state index contributed by atoms with van der Waals surface area (Å²) in [5, 5.41) is 29.4. The summed E-state index contributed by atoms with van der Waals surface area (Å²) in [7, 11) is 0. The first kappa shape index (κ1) is 15.1. The Morgan fingerprint density at radius 3 is 2.35 bits per heavy atom. The van der Waals surface area contributed by atoms with Gasteiger partial charge in [0.2, 0.25) is 0 Å². The summed E-state index contributed by atoms with van der Waals surface area (Å²) in [6.07, 6.45) is 0. The molecule has 0 amide bonds. The lowest BCUT2D eigenvalue weighted by Crippen LogP contribution is -2.07.